The van der Waals surface area contributed by atoms with Gasteiger partial charge in [0, 0.05) is 22.5 Å². The van der Waals surface area contributed by atoms with Crippen LogP contribution in [0.4, 0.5) is 0 Å². The number of nitrogens with zero attached hydrogens (tertiary/aromatic N) is 1. The Morgan fingerprint density at radius 2 is 1.92 bits per heavy atom. The molecule has 4 aliphatic carbocycles. The number of methoxy groups -OCH3 is 2. The van der Waals surface area contributed by atoms with Gasteiger partial charge >= 0.3 is 0 Å². The van der Waals surface area contributed by atoms with Gasteiger partial charge in [-0.2, -0.15) is 0 Å². The molecule has 1 aliphatic heterocycles. The van der Waals surface area contributed by atoms with Crippen LogP contribution < -0.4 is 9.47 Å². The smallest absolute Gasteiger partial charge is 0.198 e. The summed E-state index contributed by atoms with van der Waals surface area (Å²) >= 11 is 0. The zero-order valence-corrected chi connectivity index (χ0v) is 22.9. The summed E-state index contributed by atoms with van der Waals surface area (Å²) in [5.41, 5.74) is 3.40. The number of rotatable bonds is 6. The highest BCUT2D eigenvalue weighted by atomic mass is 16.7. The predicted molar refractivity (Wildman–Crippen MR) is 143 cm³/mol. The Morgan fingerprint density at radius 3 is 2.64 bits per heavy atom. The third-order valence-electron chi connectivity index (χ3n) is 9.37. The number of aliphatic hydroxyl groups excluding tert-OH is 2. The van der Waals surface area contributed by atoms with Crippen molar-refractivity contribution in [2.45, 2.75) is 64.2 Å². The molecule has 1 heterocycles. The Hall–Kier alpha value is -3.20. The molecule has 39 heavy (non-hydrogen) atoms. The number of carbonyl (C=O) groups excluding carboxylic acids is 2. The maximum Gasteiger partial charge on any atom is 0.198 e. The van der Waals surface area contributed by atoms with Gasteiger partial charge in [0.2, 0.25) is 0 Å². The van der Waals surface area contributed by atoms with Crippen molar-refractivity contribution >= 4 is 11.6 Å². The Balaban J connectivity index is 1.56. The van der Waals surface area contributed by atoms with E-state index in [1.807, 2.05) is 32.0 Å². The highest BCUT2D eigenvalue weighted by molar-refractivity contribution is 6.12. The van der Waals surface area contributed by atoms with Crippen molar-refractivity contribution in [2.24, 2.45) is 11.3 Å². The number of ether oxygens (including phenoxy) is 2. The average molecular weight is 534 g/mol. The van der Waals surface area contributed by atoms with Crippen molar-refractivity contribution in [3.8, 4) is 11.5 Å². The fourth-order valence-corrected chi connectivity index (χ4v) is 7.39. The van der Waals surface area contributed by atoms with E-state index in [1.54, 1.807) is 31.4 Å². The first-order chi connectivity index (χ1) is 18.7. The number of hydroxylamine groups is 2. The molecule has 2 N–H and O–H groups in total. The molecule has 0 saturated heterocycles. The van der Waals surface area contributed by atoms with Crippen molar-refractivity contribution in [3.05, 3.63) is 69.5 Å². The number of Topliss-reactive ketones (excluding diaryl/α,β-unsaturated/α-hetero) is 1. The van der Waals surface area contributed by atoms with E-state index in [2.05, 4.69) is 0 Å². The molecule has 0 fully saturated rings. The Kier molecular flexibility index (Phi) is 6.13. The molecule has 1 aromatic carbocycles. The summed E-state index contributed by atoms with van der Waals surface area (Å²) in [6.07, 6.45) is 6.29. The number of allylic oxidation sites excluding steroid dienone is 3. The zero-order chi connectivity index (χ0) is 27.7. The van der Waals surface area contributed by atoms with E-state index in [0.717, 1.165) is 36.1 Å². The monoisotopic (exact) mass is 533 g/mol. The Morgan fingerprint density at radius 1 is 1.15 bits per heavy atom. The first kappa shape index (κ1) is 26.0. The zero-order valence-electron chi connectivity index (χ0n) is 22.9. The molecule has 0 unspecified atom stereocenters. The maximum absolute atomic E-state index is 14.0. The molecular weight excluding hydrogens is 498 g/mol. The molecule has 8 heteroatoms. The van der Waals surface area contributed by atoms with Gasteiger partial charge in [-0.15, -0.1) is 0 Å². The van der Waals surface area contributed by atoms with E-state index in [9.17, 15) is 19.8 Å². The van der Waals surface area contributed by atoms with E-state index < -0.39 is 29.5 Å². The van der Waals surface area contributed by atoms with Crippen LogP contribution in [0.5, 0.6) is 11.5 Å². The first-order valence-electron chi connectivity index (χ1n) is 13.6. The maximum atomic E-state index is 14.0. The minimum atomic E-state index is -1.65. The highest BCUT2D eigenvalue weighted by Gasteiger charge is 2.67. The van der Waals surface area contributed by atoms with E-state index in [4.69, 9.17) is 14.3 Å². The Labute approximate surface area is 228 Å². The topological polar surface area (TPSA) is 106 Å². The number of benzene rings is 1. The van der Waals surface area contributed by atoms with Gasteiger partial charge in [0.05, 0.1) is 32.6 Å². The lowest BCUT2D eigenvalue weighted by atomic mass is 9.52. The summed E-state index contributed by atoms with van der Waals surface area (Å²) in [7, 11) is 3.17. The molecule has 4 atom stereocenters. The van der Waals surface area contributed by atoms with Crippen LogP contribution in [0.1, 0.15) is 51.5 Å². The second-order valence-corrected chi connectivity index (χ2v) is 11.5. The third kappa shape index (κ3) is 3.54. The summed E-state index contributed by atoms with van der Waals surface area (Å²) in [5.74, 6) is 0.264. The van der Waals surface area contributed by atoms with E-state index in [1.165, 1.54) is 11.1 Å². The van der Waals surface area contributed by atoms with Crippen LogP contribution in [0.25, 0.3) is 0 Å². The summed E-state index contributed by atoms with van der Waals surface area (Å²) in [5, 5.41) is 23.1. The van der Waals surface area contributed by atoms with Crippen LogP contribution in [0.15, 0.2) is 63.9 Å². The number of aliphatic hydroxyl groups is 2. The summed E-state index contributed by atoms with van der Waals surface area (Å²) in [6.45, 7) is 3.25. The van der Waals surface area contributed by atoms with Gasteiger partial charge in [-0.05, 0) is 67.0 Å². The Bertz CT molecular complexity index is 1400. The highest BCUT2D eigenvalue weighted by Crippen LogP contribution is 2.62. The standard InChI is InChI=1S/C31H35NO7/c1-17-10-23-24(34)13-22-21-12-19-6-5-7-20(19)29(21)32(15-18-8-9-26(37-3)27(11-18)38-4)39-31(22,28(36)16-33)30(23,2)14-25(17)35/h8-11,13,17,25,33,35H,5-7,12,14-16H2,1-4H3/t17-,25-,30-,31+/m0/s1. The average Bonchev–Trinajstić information content (AvgIpc) is 3.52. The molecule has 0 spiro atoms. The fourth-order valence-electron chi connectivity index (χ4n) is 7.39. The van der Waals surface area contributed by atoms with Crippen LogP contribution in [0.2, 0.25) is 0 Å². The lowest BCUT2D eigenvalue weighted by Crippen LogP contribution is -2.66. The second kappa shape index (κ2) is 9.18. The second-order valence-electron chi connectivity index (χ2n) is 11.5. The number of hydrogen-bond donors (Lipinski definition) is 2. The third-order valence-corrected chi connectivity index (χ3v) is 9.37. The molecular formula is C31H35NO7. The molecule has 0 radical (unpaired) electrons. The van der Waals surface area contributed by atoms with E-state index >= 15 is 0 Å². The van der Waals surface area contributed by atoms with E-state index in [0.29, 0.717) is 35.6 Å². The van der Waals surface area contributed by atoms with Crippen LogP contribution >= 0.6 is 0 Å². The minimum Gasteiger partial charge on any atom is -0.493 e. The molecule has 8 nitrogen and oxygen atoms in total. The predicted octanol–water partition coefficient (Wildman–Crippen LogP) is 3.73. The van der Waals surface area contributed by atoms with Crippen LogP contribution in [-0.2, 0) is 21.0 Å². The van der Waals surface area contributed by atoms with Gasteiger partial charge in [0.25, 0.3) is 0 Å². The van der Waals surface area contributed by atoms with Gasteiger partial charge < -0.3 is 19.7 Å². The molecule has 0 amide bonds. The van der Waals surface area contributed by atoms with Gasteiger partial charge in [0.15, 0.2) is 28.7 Å². The van der Waals surface area contributed by atoms with E-state index in [-0.39, 0.29) is 18.1 Å². The van der Waals surface area contributed by atoms with Gasteiger partial charge in [-0.1, -0.05) is 31.6 Å². The van der Waals surface area contributed by atoms with Gasteiger partial charge in [-0.3, -0.25) is 14.4 Å². The molecule has 206 valence electrons. The van der Waals surface area contributed by atoms with Crippen molar-refractivity contribution in [1.82, 2.24) is 5.06 Å². The molecule has 6 rings (SSSR count). The summed E-state index contributed by atoms with van der Waals surface area (Å²) in [4.78, 5) is 34.4. The SMILES string of the molecule is COc1ccc(CN2O[C@@]3(C(=O)CO)C(=CC(=O)C4=C[C@H](C)[C@@H](O)C[C@@]43C)C3=C2C2=C(CCC2)C3)cc1OC. The molecule has 0 bridgehead atoms. The van der Waals surface area contributed by atoms with Crippen molar-refractivity contribution < 1.29 is 34.1 Å². The van der Waals surface area contributed by atoms with Crippen molar-refractivity contribution in [2.75, 3.05) is 20.8 Å². The lowest BCUT2D eigenvalue weighted by molar-refractivity contribution is -0.254. The van der Waals surface area contributed by atoms with Crippen molar-refractivity contribution in [3.63, 3.8) is 0 Å². The van der Waals surface area contributed by atoms with Gasteiger partial charge in [-0.25, -0.2) is 5.06 Å². The number of hydrogen-bond acceptors (Lipinski definition) is 8. The molecule has 0 aromatic heterocycles. The minimum absolute atomic E-state index is 0.161. The quantitative estimate of drug-likeness (QED) is 0.570. The van der Waals surface area contributed by atoms with Crippen molar-refractivity contribution in [1.29, 1.82) is 0 Å². The van der Waals surface area contributed by atoms with Crippen LogP contribution in [-0.4, -0.2) is 59.4 Å². The fraction of sp³-hybridized carbons (Fsp3) is 0.484. The van der Waals surface area contributed by atoms with Gasteiger partial charge in [0.1, 0.15) is 6.61 Å². The summed E-state index contributed by atoms with van der Waals surface area (Å²) in [6, 6.07) is 5.65. The lowest BCUT2D eigenvalue weighted by Gasteiger charge is -2.57. The number of carbonyl (C=O) groups is 2. The van der Waals surface area contributed by atoms with Crippen LogP contribution in [0, 0.1) is 11.3 Å². The normalized spacial score (nSPS) is 31.3. The molecule has 0 saturated carbocycles. The number of fused-ring (bicyclic) bond motifs is 5. The number of ketones is 2. The largest absolute Gasteiger partial charge is 0.493 e. The van der Waals surface area contributed by atoms with Crippen LogP contribution in [0.3, 0.4) is 0 Å². The first-order valence-corrected chi connectivity index (χ1v) is 13.6. The molecule has 5 aliphatic rings. The summed E-state index contributed by atoms with van der Waals surface area (Å²) < 4.78 is 10.9. The molecule has 1 aromatic rings.